The van der Waals surface area contributed by atoms with Gasteiger partial charge in [0.1, 0.15) is 11.2 Å². The molecule has 0 aliphatic heterocycles. The number of para-hydroxylation sites is 2. The van der Waals surface area contributed by atoms with Crippen LogP contribution in [0.3, 0.4) is 0 Å². The van der Waals surface area contributed by atoms with Crippen molar-refractivity contribution in [3.63, 3.8) is 0 Å². The molecule has 1 aliphatic rings. The molecule has 5 aromatic rings. The minimum absolute atomic E-state index is 0.590. The van der Waals surface area contributed by atoms with Gasteiger partial charge in [0.05, 0.1) is 0 Å². The Kier molecular flexibility index (Phi) is 3.86. The normalized spacial score (nSPS) is 13.5. The third-order valence-corrected chi connectivity index (χ3v) is 6.81. The second kappa shape index (κ2) is 6.60. The van der Waals surface area contributed by atoms with Gasteiger partial charge in [-0.15, -0.1) is 0 Å². The van der Waals surface area contributed by atoms with Gasteiger partial charge in [0, 0.05) is 16.3 Å². The van der Waals surface area contributed by atoms with Gasteiger partial charge in [-0.05, 0) is 64.3 Å². The van der Waals surface area contributed by atoms with Crippen LogP contribution in [0.2, 0.25) is 0 Å². The molecular formula is C29H24O. The average Bonchev–Trinajstić information content (AvgIpc) is 3.35. The minimum Gasteiger partial charge on any atom is -0.455 e. The molecular weight excluding hydrogens is 364 g/mol. The van der Waals surface area contributed by atoms with E-state index < -0.39 is 0 Å². The molecule has 1 heterocycles. The highest BCUT2D eigenvalue weighted by molar-refractivity contribution is 6.09. The summed E-state index contributed by atoms with van der Waals surface area (Å²) in [5.41, 5.74) is 11.4. The third kappa shape index (κ3) is 2.55. The van der Waals surface area contributed by atoms with E-state index in [0.717, 1.165) is 23.2 Å². The molecule has 0 saturated heterocycles. The number of hydrogen-bond acceptors (Lipinski definition) is 1. The van der Waals surface area contributed by atoms with Crippen molar-refractivity contribution in [2.75, 3.05) is 0 Å². The number of rotatable bonds is 3. The molecule has 1 aliphatic carbocycles. The second-order valence-electron chi connectivity index (χ2n) is 8.56. The first-order valence-electron chi connectivity index (χ1n) is 10.9. The Hall–Kier alpha value is -3.32. The maximum atomic E-state index is 6.29. The molecule has 6 rings (SSSR count). The van der Waals surface area contributed by atoms with E-state index in [-0.39, 0.29) is 0 Å². The first-order chi connectivity index (χ1) is 14.7. The Labute approximate surface area is 177 Å². The van der Waals surface area contributed by atoms with Gasteiger partial charge in [-0.2, -0.15) is 0 Å². The molecule has 0 saturated carbocycles. The molecule has 1 unspecified atom stereocenters. The van der Waals surface area contributed by atoms with Crippen LogP contribution in [0.1, 0.15) is 42.9 Å². The first kappa shape index (κ1) is 17.5. The Morgan fingerprint density at radius 2 is 1.53 bits per heavy atom. The van der Waals surface area contributed by atoms with Crippen molar-refractivity contribution < 1.29 is 4.42 Å². The summed E-state index contributed by atoms with van der Waals surface area (Å²) in [4.78, 5) is 0. The quantitative estimate of drug-likeness (QED) is 0.297. The lowest BCUT2D eigenvalue weighted by molar-refractivity contribution is 0.670. The lowest BCUT2D eigenvalue weighted by atomic mass is 9.93. The zero-order valence-corrected chi connectivity index (χ0v) is 17.4. The Morgan fingerprint density at radius 1 is 0.767 bits per heavy atom. The van der Waals surface area contributed by atoms with Crippen molar-refractivity contribution in [2.24, 2.45) is 0 Å². The fraction of sp³-hybridized carbons (Fsp3) is 0.172. The molecule has 1 heteroatoms. The summed E-state index contributed by atoms with van der Waals surface area (Å²) >= 11 is 0. The van der Waals surface area contributed by atoms with E-state index >= 15 is 0 Å². The van der Waals surface area contributed by atoms with Crippen LogP contribution < -0.4 is 0 Å². The second-order valence-corrected chi connectivity index (χ2v) is 8.56. The first-order valence-corrected chi connectivity index (χ1v) is 10.9. The van der Waals surface area contributed by atoms with E-state index in [0.29, 0.717) is 5.92 Å². The van der Waals surface area contributed by atoms with Crippen LogP contribution in [0.25, 0.3) is 44.2 Å². The van der Waals surface area contributed by atoms with Crippen LogP contribution in [-0.2, 0) is 6.42 Å². The highest BCUT2D eigenvalue weighted by Crippen LogP contribution is 2.42. The molecule has 1 atom stereocenters. The maximum Gasteiger partial charge on any atom is 0.143 e. The summed E-state index contributed by atoms with van der Waals surface area (Å²) in [7, 11) is 0. The van der Waals surface area contributed by atoms with E-state index in [9.17, 15) is 0 Å². The smallest absolute Gasteiger partial charge is 0.143 e. The molecule has 146 valence electrons. The Bertz CT molecular complexity index is 1420. The molecule has 0 N–H and O–H groups in total. The maximum absolute atomic E-state index is 6.29. The average molecular weight is 389 g/mol. The van der Waals surface area contributed by atoms with Gasteiger partial charge < -0.3 is 4.42 Å². The molecule has 0 spiro atoms. The highest BCUT2D eigenvalue weighted by atomic mass is 16.3. The Balaban J connectivity index is 1.53. The van der Waals surface area contributed by atoms with E-state index in [2.05, 4.69) is 86.6 Å². The standard InChI is InChI=1S/C29H24O/c1-3-18(2)19-11-12-20-15-21-13-14-22(17-27(21)26(20)16-19)23-8-6-9-25-24-7-4-5-10-28(24)30-29(23)25/h4-14,16-18H,3,15H2,1-2H3. The predicted octanol–water partition coefficient (Wildman–Crippen LogP) is 8.34. The highest BCUT2D eigenvalue weighted by Gasteiger charge is 2.21. The number of furan rings is 1. The van der Waals surface area contributed by atoms with E-state index in [1.165, 1.54) is 50.6 Å². The van der Waals surface area contributed by atoms with Gasteiger partial charge in [-0.3, -0.25) is 0 Å². The number of benzene rings is 4. The summed E-state index contributed by atoms with van der Waals surface area (Å²) < 4.78 is 6.29. The van der Waals surface area contributed by atoms with Gasteiger partial charge in [-0.25, -0.2) is 0 Å². The molecule has 0 radical (unpaired) electrons. The molecule has 0 fully saturated rings. The van der Waals surface area contributed by atoms with Gasteiger partial charge in [0.2, 0.25) is 0 Å². The van der Waals surface area contributed by atoms with Gasteiger partial charge in [0.25, 0.3) is 0 Å². The van der Waals surface area contributed by atoms with E-state index in [4.69, 9.17) is 4.42 Å². The molecule has 30 heavy (non-hydrogen) atoms. The molecule has 1 nitrogen and oxygen atoms in total. The van der Waals surface area contributed by atoms with E-state index in [1.807, 2.05) is 6.07 Å². The van der Waals surface area contributed by atoms with Crippen molar-refractivity contribution in [3.8, 4) is 22.3 Å². The van der Waals surface area contributed by atoms with Gasteiger partial charge in [-0.1, -0.05) is 80.6 Å². The van der Waals surface area contributed by atoms with Crippen molar-refractivity contribution in [1.82, 2.24) is 0 Å². The molecule has 0 bridgehead atoms. The summed E-state index contributed by atoms with van der Waals surface area (Å²) in [6, 6.07) is 28.8. The molecule has 1 aromatic heterocycles. The topological polar surface area (TPSA) is 13.1 Å². The van der Waals surface area contributed by atoms with Crippen LogP contribution in [0.5, 0.6) is 0 Å². The summed E-state index contributed by atoms with van der Waals surface area (Å²) in [6.45, 7) is 4.58. The Morgan fingerprint density at radius 3 is 2.40 bits per heavy atom. The van der Waals surface area contributed by atoms with Crippen LogP contribution >= 0.6 is 0 Å². The zero-order chi connectivity index (χ0) is 20.2. The monoisotopic (exact) mass is 388 g/mol. The van der Waals surface area contributed by atoms with Crippen molar-refractivity contribution in [1.29, 1.82) is 0 Å². The van der Waals surface area contributed by atoms with Crippen LogP contribution in [0.15, 0.2) is 83.3 Å². The molecule has 4 aromatic carbocycles. The lowest BCUT2D eigenvalue weighted by Gasteiger charge is -2.12. The van der Waals surface area contributed by atoms with Crippen LogP contribution in [0.4, 0.5) is 0 Å². The lowest BCUT2D eigenvalue weighted by Crippen LogP contribution is -1.92. The molecule has 0 amide bonds. The summed E-state index contributed by atoms with van der Waals surface area (Å²) in [5.74, 6) is 0.590. The minimum atomic E-state index is 0.590. The van der Waals surface area contributed by atoms with Gasteiger partial charge >= 0.3 is 0 Å². The SMILES string of the molecule is CCC(C)c1ccc2c(c1)-c1cc(-c3cccc4c3oc3ccccc34)ccc1C2. The largest absolute Gasteiger partial charge is 0.455 e. The van der Waals surface area contributed by atoms with Gasteiger partial charge in [0.15, 0.2) is 0 Å². The predicted molar refractivity (Wildman–Crippen MR) is 126 cm³/mol. The fourth-order valence-corrected chi connectivity index (χ4v) is 4.87. The van der Waals surface area contributed by atoms with Crippen LogP contribution in [-0.4, -0.2) is 0 Å². The summed E-state index contributed by atoms with van der Waals surface area (Å²) in [6.07, 6.45) is 2.19. The van der Waals surface area contributed by atoms with E-state index in [1.54, 1.807) is 0 Å². The fourth-order valence-electron chi connectivity index (χ4n) is 4.87. The summed E-state index contributed by atoms with van der Waals surface area (Å²) in [5, 5.41) is 2.36. The van der Waals surface area contributed by atoms with Crippen molar-refractivity contribution in [2.45, 2.75) is 32.6 Å². The third-order valence-electron chi connectivity index (χ3n) is 6.81. The zero-order valence-electron chi connectivity index (χ0n) is 17.4. The van der Waals surface area contributed by atoms with Crippen molar-refractivity contribution in [3.05, 3.63) is 95.6 Å². The van der Waals surface area contributed by atoms with Crippen LogP contribution in [0, 0.1) is 0 Å². The van der Waals surface area contributed by atoms with Crippen molar-refractivity contribution >= 4 is 21.9 Å². The number of fused-ring (bicyclic) bond motifs is 6. The number of hydrogen-bond donors (Lipinski definition) is 0.